The zero-order chi connectivity index (χ0) is 12.1. The monoisotopic (exact) mass is 218 g/mol. The number of anilines is 1. The number of para-hydroxylation sites is 1. The Morgan fingerprint density at radius 1 is 1.25 bits per heavy atom. The molecule has 4 heteroatoms. The number of carbonyl (C=O) groups excluding carboxylic acids is 2. The van der Waals surface area contributed by atoms with Crippen molar-refractivity contribution in [1.82, 2.24) is 0 Å². The molecule has 2 amide bonds. The van der Waals surface area contributed by atoms with Crippen molar-refractivity contribution in [2.45, 2.75) is 6.92 Å². The van der Waals surface area contributed by atoms with Gasteiger partial charge in [0.15, 0.2) is 0 Å². The molecule has 84 valence electrons. The van der Waals surface area contributed by atoms with Crippen molar-refractivity contribution in [1.29, 1.82) is 0 Å². The fraction of sp³-hybridized carbons (Fsp3) is 0.167. The molecule has 16 heavy (non-hydrogen) atoms. The van der Waals surface area contributed by atoms with E-state index in [0.717, 1.165) is 11.8 Å². The molecule has 0 aromatic heterocycles. The number of rotatable bonds is 3. The number of nitrogens with zero attached hydrogens (tertiary/aromatic N) is 1. The van der Waals surface area contributed by atoms with Gasteiger partial charge < -0.3 is 10.6 Å². The lowest BCUT2D eigenvalue weighted by Crippen LogP contribution is -2.27. The molecule has 0 heterocycles. The van der Waals surface area contributed by atoms with E-state index in [1.165, 1.54) is 4.90 Å². The van der Waals surface area contributed by atoms with E-state index >= 15 is 0 Å². The van der Waals surface area contributed by atoms with Gasteiger partial charge in [-0.05, 0) is 19.1 Å². The van der Waals surface area contributed by atoms with Gasteiger partial charge in [0.2, 0.25) is 5.91 Å². The number of nitrogens with two attached hydrogens (primary N) is 1. The van der Waals surface area contributed by atoms with Crippen LogP contribution in [-0.4, -0.2) is 18.9 Å². The summed E-state index contributed by atoms with van der Waals surface area (Å²) in [6, 6.07) is 9.18. The van der Waals surface area contributed by atoms with E-state index in [-0.39, 0.29) is 5.91 Å². The molecular weight excluding hydrogens is 204 g/mol. The van der Waals surface area contributed by atoms with Gasteiger partial charge >= 0.3 is 0 Å². The van der Waals surface area contributed by atoms with Crippen LogP contribution in [0.5, 0.6) is 0 Å². The normalized spacial score (nSPS) is 11.0. The molecule has 0 spiro atoms. The molecule has 0 fully saturated rings. The van der Waals surface area contributed by atoms with Crippen LogP contribution in [-0.2, 0) is 9.59 Å². The Bertz CT molecular complexity index is 424. The second-order valence-corrected chi connectivity index (χ2v) is 3.43. The zero-order valence-electron chi connectivity index (χ0n) is 9.31. The largest absolute Gasteiger partial charge is 0.366 e. The third kappa shape index (κ3) is 2.95. The Kier molecular flexibility index (Phi) is 3.83. The van der Waals surface area contributed by atoms with Crippen LogP contribution in [0.1, 0.15) is 6.92 Å². The minimum atomic E-state index is -0.618. The number of amides is 2. The average Bonchev–Trinajstić information content (AvgIpc) is 2.27. The maximum absolute atomic E-state index is 11.8. The number of hydrogen-bond acceptors (Lipinski definition) is 2. The van der Waals surface area contributed by atoms with Crippen LogP contribution in [0.3, 0.4) is 0 Å². The Morgan fingerprint density at radius 3 is 2.31 bits per heavy atom. The van der Waals surface area contributed by atoms with E-state index in [0.29, 0.717) is 5.57 Å². The van der Waals surface area contributed by atoms with Crippen LogP contribution in [0.4, 0.5) is 5.69 Å². The van der Waals surface area contributed by atoms with E-state index in [1.807, 2.05) is 30.3 Å². The highest BCUT2D eigenvalue weighted by molar-refractivity contribution is 6.08. The molecule has 0 aliphatic heterocycles. The van der Waals surface area contributed by atoms with Crippen molar-refractivity contribution in [3.63, 3.8) is 0 Å². The number of primary amides is 1. The second-order valence-electron chi connectivity index (χ2n) is 3.43. The first kappa shape index (κ1) is 12.0. The molecule has 1 aromatic rings. The molecule has 0 aliphatic rings. The van der Waals surface area contributed by atoms with Crippen molar-refractivity contribution in [2.24, 2.45) is 5.73 Å². The van der Waals surface area contributed by atoms with Crippen molar-refractivity contribution < 1.29 is 9.59 Å². The molecule has 4 nitrogen and oxygen atoms in total. The highest BCUT2D eigenvalue weighted by Crippen LogP contribution is 2.13. The maximum atomic E-state index is 11.8. The molecule has 1 aromatic carbocycles. The SMILES string of the molecule is C/C(=C\C(N)=O)C(=O)N(C)c1ccccc1. The predicted molar refractivity (Wildman–Crippen MR) is 62.8 cm³/mol. The number of likely N-dealkylation sites (N-methyl/N-ethyl adjacent to an activating group) is 1. The quantitative estimate of drug-likeness (QED) is 0.771. The lowest BCUT2D eigenvalue weighted by Gasteiger charge is -2.17. The minimum Gasteiger partial charge on any atom is -0.366 e. The Balaban J connectivity index is 2.87. The van der Waals surface area contributed by atoms with E-state index in [9.17, 15) is 9.59 Å². The van der Waals surface area contributed by atoms with Crippen molar-refractivity contribution >= 4 is 17.5 Å². The van der Waals surface area contributed by atoms with Crippen molar-refractivity contribution in [2.75, 3.05) is 11.9 Å². The van der Waals surface area contributed by atoms with E-state index in [2.05, 4.69) is 0 Å². The molecule has 2 N–H and O–H groups in total. The summed E-state index contributed by atoms with van der Waals surface area (Å²) < 4.78 is 0. The summed E-state index contributed by atoms with van der Waals surface area (Å²) in [5.74, 6) is -0.864. The van der Waals surface area contributed by atoms with E-state index in [1.54, 1.807) is 14.0 Å². The number of hydrogen-bond donors (Lipinski definition) is 1. The van der Waals surface area contributed by atoms with Crippen LogP contribution in [0.25, 0.3) is 0 Å². The molecule has 0 radical (unpaired) electrons. The van der Waals surface area contributed by atoms with E-state index in [4.69, 9.17) is 5.73 Å². The van der Waals surface area contributed by atoms with Crippen LogP contribution < -0.4 is 10.6 Å². The first-order valence-corrected chi connectivity index (χ1v) is 4.83. The van der Waals surface area contributed by atoms with Crippen LogP contribution in [0.2, 0.25) is 0 Å². The molecule has 0 saturated carbocycles. The first-order chi connectivity index (χ1) is 7.52. The molecule has 1 rings (SSSR count). The lowest BCUT2D eigenvalue weighted by atomic mass is 10.2. The van der Waals surface area contributed by atoms with Gasteiger partial charge in [0.1, 0.15) is 0 Å². The van der Waals surface area contributed by atoms with Gasteiger partial charge in [-0.2, -0.15) is 0 Å². The fourth-order valence-electron chi connectivity index (χ4n) is 1.31. The maximum Gasteiger partial charge on any atom is 0.253 e. The van der Waals surface area contributed by atoms with Gasteiger partial charge in [0.05, 0.1) is 0 Å². The third-order valence-electron chi connectivity index (χ3n) is 2.14. The van der Waals surface area contributed by atoms with Crippen LogP contribution in [0, 0.1) is 0 Å². The molecular formula is C12H14N2O2. The summed E-state index contributed by atoms with van der Waals surface area (Å²) in [7, 11) is 1.65. The molecule has 0 bridgehead atoms. The average molecular weight is 218 g/mol. The van der Waals surface area contributed by atoms with Gasteiger partial charge in [0.25, 0.3) is 5.91 Å². The molecule has 0 unspecified atom stereocenters. The molecule has 0 saturated heterocycles. The third-order valence-corrected chi connectivity index (χ3v) is 2.14. The molecule has 0 atom stereocenters. The lowest BCUT2D eigenvalue weighted by molar-refractivity contribution is -0.116. The van der Waals surface area contributed by atoms with Crippen molar-refractivity contribution in [3.8, 4) is 0 Å². The summed E-state index contributed by atoms with van der Waals surface area (Å²) in [6.45, 7) is 1.56. The highest BCUT2D eigenvalue weighted by atomic mass is 16.2. The van der Waals surface area contributed by atoms with Crippen molar-refractivity contribution in [3.05, 3.63) is 42.0 Å². The smallest absolute Gasteiger partial charge is 0.253 e. The minimum absolute atomic E-state index is 0.245. The summed E-state index contributed by atoms with van der Waals surface area (Å²) in [5, 5.41) is 0. The van der Waals surface area contributed by atoms with Crippen LogP contribution >= 0.6 is 0 Å². The second kappa shape index (κ2) is 5.11. The first-order valence-electron chi connectivity index (χ1n) is 4.83. The van der Waals surface area contributed by atoms with Crippen LogP contribution in [0.15, 0.2) is 42.0 Å². The number of benzene rings is 1. The summed E-state index contributed by atoms with van der Waals surface area (Å²) in [5.41, 5.74) is 6.07. The highest BCUT2D eigenvalue weighted by Gasteiger charge is 2.12. The predicted octanol–water partition coefficient (Wildman–Crippen LogP) is 1.08. The Hall–Kier alpha value is -2.10. The standard InChI is InChI=1S/C12H14N2O2/c1-9(8-11(13)15)12(16)14(2)10-6-4-3-5-7-10/h3-8H,1-2H3,(H2,13,15)/b9-8+. The summed E-state index contributed by atoms with van der Waals surface area (Å²) >= 11 is 0. The van der Waals surface area contributed by atoms with Gasteiger partial charge in [0, 0.05) is 24.4 Å². The Labute approximate surface area is 94.4 Å². The van der Waals surface area contributed by atoms with Gasteiger partial charge in [-0.25, -0.2) is 0 Å². The topological polar surface area (TPSA) is 63.4 Å². The van der Waals surface area contributed by atoms with Gasteiger partial charge in [-0.3, -0.25) is 9.59 Å². The van der Waals surface area contributed by atoms with Gasteiger partial charge in [-0.15, -0.1) is 0 Å². The van der Waals surface area contributed by atoms with Gasteiger partial charge in [-0.1, -0.05) is 18.2 Å². The summed E-state index contributed by atoms with van der Waals surface area (Å²) in [4.78, 5) is 23.9. The summed E-state index contributed by atoms with van der Waals surface area (Å²) in [6.07, 6.45) is 1.13. The molecule has 0 aliphatic carbocycles. The fourth-order valence-corrected chi connectivity index (χ4v) is 1.31. The van der Waals surface area contributed by atoms with E-state index < -0.39 is 5.91 Å². The Morgan fingerprint density at radius 2 is 1.81 bits per heavy atom. The zero-order valence-corrected chi connectivity index (χ0v) is 9.31. The number of carbonyl (C=O) groups is 2.